The summed E-state index contributed by atoms with van der Waals surface area (Å²) in [6.07, 6.45) is 5.96. The van der Waals surface area contributed by atoms with Crippen molar-refractivity contribution >= 4 is 0 Å². The van der Waals surface area contributed by atoms with E-state index < -0.39 is 0 Å². The molecule has 46 valence electrons. The van der Waals surface area contributed by atoms with Gasteiger partial charge in [0.1, 0.15) is 0 Å². The average Bonchev–Trinajstić information content (AvgIpc) is 2.38. The van der Waals surface area contributed by atoms with Gasteiger partial charge in [-0.25, -0.2) is 0 Å². The lowest BCUT2D eigenvalue weighted by Gasteiger charge is -2.35. The first kappa shape index (κ1) is 4.80. The van der Waals surface area contributed by atoms with Crippen LogP contribution in [0.4, 0.5) is 0 Å². The summed E-state index contributed by atoms with van der Waals surface area (Å²) >= 11 is 0. The zero-order valence-electron chi connectivity index (χ0n) is 5.41. The monoisotopic (exact) mass is 111 g/mol. The molecule has 2 saturated carbocycles. The minimum atomic E-state index is 0.873. The van der Waals surface area contributed by atoms with Gasteiger partial charge in [0.15, 0.2) is 0 Å². The van der Waals surface area contributed by atoms with Gasteiger partial charge < -0.3 is 5.32 Å². The molecule has 0 amide bonds. The van der Waals surface area contributed by atoms with Crippen molar-refractivity contribution in [1.29, 1.82) is 0 Å². The maximum atomic E-state index is 3.30. The Morgan fingerprint density at radius 2 is 2.00 bits per heavy atom. The molecule has 0 aromatic rings. The van der Waals surface area contributed by atoms with E-state index in [1.54, 1.807) is 0 Å². The summed E-state index contributed by atoms with van der Waals surface area (Å²) in [4.78, 5) is 0. The molecule has 2 fully saturated rings. The molecule has 2 aliphatic rings. The average molecular weight is 111 g/mol. The molecule has 0 aromatic heterocycles. The van der Waals surface area contributed by atoms with Gasteiger partial charge in [-0.1, -0.05) is 0 Å². The minimum Gasteiger partial charge on any atom is -0.317 e. The van der Waals surface area contributed by atoms with Crippen LogP contribution >= 0.6 is 0 Å². The van der Waals surface area contributed by atoms with Crippen molar-refractivity contribution in [2.75, 3.05) is 7.05 Å². The zero-order chi connectivity index (χ0) is 5.61. The Labute approximate surface area is 50.5 Å². The maximum absolute atomic E-state index is 3.30. The highest BCUT2D eigenvalue weighted by Crippen LogP contribution is 2.60. The van der Waals surface area contributed by atoms with E-state index in [-0.39, 0.29) is 0 Å². The summed E-state index contributed by atoms with van der Waals surface area (Å²) in [7, 11) is 2.07. The first-order valence-corrected chi connectivity index (χ1v) is 3.52. The summed E-state index contributed by atoms with van der Waals surface area (Å²) < 4.78 is 0. The molecule has 1 N–H and O–H groups in total. The summed E-state index contributed by atoms with van der Waals surface area (Å²) in [6.45, 7) is 0. The zero-order valence-corrected chi connectivity index (χ0v) is 5.41. The lowest BCUT2D eigenvalue weighted by Crippen LogP contribution is -2.40. The van der Waals surface area contributed by atoms with Crippen LogP contribution in [-0.2, 0) is 0 Å². The normalized spacial score (nSPS) is 32.6. The van der Waals surface area contributed by atoms with Crippen molar-refractivity contribution < 1.29 is 0 Å². The Balaban J connectivity index is 1.84. The third-order valence-corrected chi connectivity index (χ3v) is 2.72. The molecule has 1 heteroatoms. The van der Waals surface area contributed by atoms with Gasteiger partial charge >= 0.3 is 0 Å². The van der Waals surface area contributed by atoms with Crippen LogP contribution in [-0.4, -0.2) is 13.1 Å². The predicted octanol–water partition coefficient (Wildman–Crippen LogP) is 1.15. The van der Waals surface area contributed by atoms with Crippen LogP contribution in [0.25, 0.3) is 0 Å². The molecule has 0 heterocycles. The van der Waals surface area contributed by atoms with Gasteiger partial charge in [0.25, 0.3) is 0 Å². The van der Waals surface area contributed by atoms with Gasteiger partial charge in [0, 0.05) is 6.04 Å². The largest absolute Gasteiger partial charge is 0.317 e. The van der Waals surface area contributed by atoms with Crippen LogP contribution in [0.1, 0.15) is 25.7 Å². The fourth-order valence-electron chi connectivity index (χ4n) is 1.77. The van der Waals surface area contributed by atoms with E-state index in [2.05, 4.69) is 12.4 Å². The van der Waals surface area contributed by atoms with Gasteiger partial charge in [-0.3, -0.25) is 0 Å². The van der Waals surface area contributed by atoms with Gasteiger partial charge in [-0.05, 0) is 38.1 Å². The van der Waals surface area contributed by atoms with Gasteiger partial charge in [-0.2, -0.15) is 0 Å². The molecular formula is C7H13N. The van der Waals surface area contributed by atoms with Crippen LogP contribution in [0.3, 0.4) is 0 Å². The molecule has 0 unspecified atom stereocenters. The molecule has 1 nitrogen and oxygen atoms in total. The molecule has 0 atom stereocenters. The third-order valence-electron chi connectivity index (χ3n) is 2.72. The number of nitrogens with one attached hydrogen (secondary N) is 1. The quantitative estimate of drug-likeness (QED) is 0.535. The minimum absolute atomic E-state index is 0.873. The summed E-state index contributed by atoms with van der Waals surface area (Å²) in [6, 6.07) is 0.873. The van der Waals surface area contributed by atoms with Crippen molar-refractivity contribution in [2.45, 2.75) is 31.7 Å². The maximum Gasteiger partial charge on any atom is 0.00746 e. The van der Waals surface area contributed by atoms with Gasteiger partial charge in [0.05, 0.1) is 0 Å². The first-order valence-electron chi connectivity index (χ1n) is 3.52. The van der Waals surface area contributed by atoms with Gasteiger partial charge in [0.2, 0.25) is 0 Å². The second-order valence-corrected chi connectivity index (χ2v) is 3.39. The lowest BCUT2D eigenvalue weighted by atomic mass is 9.77. The molecule has 2 rings (SSSR count). The molecule has 1 spiro atoms. The van der Waals surface area contributed by atoms with Crippen molar-refractivity contribution in [3.05, 3.63) is 0 Å². The fourth-order valence-corrected chi connectivity index (χ4v) is 1.77. The van der Waals surface area contributed by atoms with Crippen molar-refractivity contribution in [1.82, 2.24) is 5.32 Å². The lowest BCUT2D eigenvalue weighted by molar-refractivity contribution is 0.209. The highest BCUT2D eigenvalue weighted by Gasteiger charge is 2.52. The number of hydrogen-bond acceptors (Lipinski definition) is 1. The SMILES string of the molecule is CNC1CC2(CC2)C1. The number of rotatable bonds is 1. The van der Waals surface area contributed by atoms with E-state index in [1.807, 2.05) is 0 Å². The standard InChI is InChI=1S/C7H13N/c1-8-6-4-7(5-6)2-3-7/h6,8H,2-5H2,1H3. The summed E-state index contributed by atoms with van der Waals surface area (Å²) in [5, 5.41) is 3.30. The Morgan fingerprint density at radius 3 is 2.38 bits per heavy atom. The Kier molecular flexibility index (Phi) is 0.762. The molecule has 0 aromatic carbocycles. The van der Waals surface area contributed by atoms with Crippen molar-refractivity contribution in [3.63, 3.8) is 0 Å². The molecule has 8 heavy (non-hydrogen) atoms. The molecule has 0 bridgehead atoms. The highest BCUT2D eigenvalue weighted by molar-refractivity contribution is 5.06. The molecular weight excluding hydrogens is 98.1 g/mol. The third kappa shape index (κ3) is 0.510. The molecule has 0 aliphatic heterocycles. The van der Waals surface area contributed by atoms with E-state index in [0.717, 1.165) is 11.5 Å². The van der Waals surface area contributed by atoms with E-state index in [0.29, 0.717) is 0 Å². The Hall–Kier alpha value is -0.0400. The summed E-state index contributed by atoms with van der Waals surface area (Å²) in [5.41, 5.74) is 0.883. The van der Waals surface area contributed by atoms with Crippen LogP contribution in [0.2, 0.25) is 0 Å². The van der Waals surface area contributed by atoms with E-state index in [4.69, 9.17) is 0 Å². The van der Waals surface area contributed by atoms with Crippen LogP contribution in [0.15, 0.2) is 0 Å². The van der Waals surface area contributed by atoms with Crippen molar-refractivity contribution in [3.8, 4) is 0 Å². The molecule has 2 aliphatic carbocycles. The second-order valence-electron chi connectivity index (χ2n) is 3.39. The fraction of sp³-hybridized carbons (Fsp3) is 1.00. The topological polar surface area (TPSA) is 12.0 Å². The van der Waals surface area contributed by atoms with E-state index in [9.17, 15) is 0 Å². The Bertz CT molecular complexity index is 97.0. The smallest absolute Gasteiger partial charge is 0.00746 e. The summed E-state index contributed by atoms with van der Waals surface area (Å²) in [5.74, 6) is 0. The van der Waals surface area contributed by atoms with Crippen LogP contribution in [0.5, 0.6) is 0 Å². The first-order chi connectivity index (χ1) is 3.85. The van der Waals surface area contributed by atoms with E-state index in [1.165, 1.54) is 25.7 Å². The molecule has 0 radical (unpaired) electrons. The van der Waals surface area contributed by atoms with Crippen LogP contribution in [0, 0.1) is 5.41 Å². The second kappa shape index (κ2) is 1.27. The van der Waals surface area contributed by atoms with Gasteiger partial charge in [-0.15, -0.1) is 0 Å². The number of hydrogen-bond donors (Lipinski definition) is 1. The highest BCUT2D eigenvalue weighted by atomic mass is 14.9. The Morgan fingerprint density at radius 1 is 1.38 bits per heavy atom. The van der Waals surface area contributed by atoms with Crippen LogP contribution < -0.4 is 5.32 Å². The van der Waals surface area contributed by atoms with Crippen molar-refractivity contribution in [2.24, 2.45) is 5.41 Å². The molecule has 0 saturated heterocycles. The van der Waals surface area contributed by atoms with E-state index >= 15 is 0 Å². The predicted molar refractivity (Wildman–Crippen MR) is 33.7 cm³/mol.